The quantitative estimate of drug-likeness (QED) is 0.736. The molecule has 3 nitrogen and oxygen atoms in total. The first-order chi connectivity index (χ1) is 6.24. The van der Waals surface area contributed by atoms with Crippen LogP contribution in [0.2, 0.25) is 0 Å². The molecule has 0 N–H and O–H groups in total. The largest absolute Gasteiger partial charge is 0.297 e. The Hall–Kier alpha value is -0.920. The van der Waals surface area contributed by atoms with Crippen LogP contribution in [0.5, 0.6) is 0 Å². The Morgan fingerprint density at radius 3 is 3.08 bits per heavy atom. The molecule has 13 heavy (non-hydrogen) atoms. The van der Waals surface area contributed by atoms with Crippen molar-refractivity contribution in [2.24, 2.45) is 0 Å². The summed E-state index contributed by atoms with van der Waals surface area (Å²) in [5.74, 6) is 0. The SMILES string of the molecule is CC(CC#N)N(C)Cc1cscn1. The fraction of sp³-hybridized carbons (Fsp3) is 0.556. The monoisotopic (exact) mass is 195 g/mol. The summed E-state index contributed by atoms with van der Waals surface area (Å²) in [7, 11) is 2.02. The van der Waals surface area contributed by atoms with Crippen molar-refractivity contribution in [3.63, 3.8) is 0 Å². The topological polar surface area (TPSA) is 39.9 Å². The Kier molecular flexibility index (Phi) is 3.87. The molecule has 0 aliphatic rings. The van der Waals surface area contributed by atoms with E-state index in [9.17, 15) is 0 Å². The Bertz CT molecular complexity index is 276. The highest BCUT2D eigenvalue weighted by Gasteiger charge is 2.09. The molecule has 0 bridgehead atoms. The minimum atomic E-state index is 0.298. The maximum atomic E-state index is 8.52. The molecule has 1 aromatic rings. The van der Waals surface area contributed by atoms with Gasteiger partial charge >= 0.3 is 0 Å². The van der Waals surface area contributed by atoms with Crippen molar-refractivity contribution in [2.75, 3.05) is 7.05 Å². The van der Waals surface area contributed by atoms with E-state index < -0.39 is 0 Å². The first-order valence-corrected chi connectivity index (χ1v) is 5.12. The van der Waals surface area contributed by atoms with E-state index in [1.54, 1.807) is 11.3 Å². The molecule has 0 saturated carbocycles. The summed E-state index contributed by atoms with van der Waals surface area (Å²) in [5, 5.41) is 10.6. The van der Waals surface area contributed by atoms with E-state index in [0.29, 0.717) is 12.5 Å². The first-order valence-electron chi connectivity index (χ1n) is 4.18. The minimum Gasteiger partial charge on any atom is -0.297 e. The molecule has 1 aromatic heterocycles. The Morgan fingerprint density at radius 2 is 2.54 bits per heavy atom. The van der Waals surface area contributed by atoms with Gasteiger partial charge in [0.05, 0.1) is 23.7 Å². The van der Waals surface area contributed by atoms with Gasteiger partial charge in [0.25, 0.3) is 0 Å². The Labute approximate surface area is 82.6 Å². The zero-order valence-electron chi connectivity index (χ0n) is 7.90. The Morgan fingerprint density at radius 1 is 1.77 bits per heavy atom. The molecule has 0 amide bonds. The van der Waals surface area contributed by atoms with E-state index in [1.165, 1.54) is 0 Å². The number of thiazole rings is 1. The molecule has 1 atom stereocenters. The second kappa shape index (κ2) is 4.95. The molecule has 4 heteroatoms. The second-order valence-electron chi connectivity index (χ2n) is 3.11. The number of hydrogen-bond acceptors (Lipinski definition) is 4. The maximum absolute atomic E-state index is 8.52. The van der Waals surface area contributed by atoms with Crippen LogP contribution >= 0.6 is 11.3 Å². The van der Waals surface area contributed by atoms with Gasteiger partial charge in [0, 0.05) is 18.0 Å². The molecule has 1 unspecified atom stereocenters. The fourth-order valence-electron chi connectivity index (χ4n) is 1.01. The van der Waals surface area contributed by atoms with Gasteiger partial charge in [0.1, 0.15) is 0 Å². The summed E-state index contributed by atoms with van der Waals surface area (Å²) in [6.45, 7) is 2.88. The number of nitrogens with zero attached hydrogens (tertiary/aromatic N) is 3. The van der Waals surface area contributed by atoms with Gasteiger partial charge in [-0.25, -0.2) is 4.98 Å². The number of aromatic nitrogens is 1. The van der Waals surface area contributed by atoms with Gasteiger partial charge in [-0.3, -0.25) is 4.90 Å². The molecule has 0 fully saturated rings. The molecule has 0 saturated heterocycles. The highest BCUT2D eigenvalue weighted by atomic mass is 32.1. The summed E-state index contributed by atoms with van der Waals surface area (Å²) in [6.07, 6.45) is 0.570. The smallest absolute Gasteiger partial charge is 0.0795 e. The first kappa shape index (κ1) is 10.2. The number of nitriles is 1. The second-order valence-corrected chi connectivity index (χ2v) is 3.82. The lowest BCUT2D eigenvalue weighted by atomic mass is 10.2. The lowest BCUT2D eigenvalue weighted by Crippen LogP contribution is -2.28. The molecule has 70 valence electrons. The van der Waals surface area contributed by atoms with Crippen LogP contribution in [0, 0.1) is 11.3 Å². The summed E-state index contributed by atoms with van der Waals surface area (Å²) in [5.41, 5.74) is 2.91. The Balaban J connectivity index is 2.42. The van der Waals surface area contributed by atoms with E-state index in [2.05, 4.69) is 22.9 Å². The molecule has 0 aliphatic heterocycles. The van der Waals surface area contributed by atoms with Crippen LogP contribution in [0.3, 0.4) is 0 Å². The van der Waals surface area contributed by atoms with Gasteiger partial charge in [-0.1, -0.05) is 0 Å². The van der Waals surface area contributed by atoms with E-state index in [4.69, 9.17) is 5.26 Å². The standard InChI is InChI=1S/C9H13N3S/c1-8(3-4-10)12(2)5-9-6-13-7-11-9/h6-8H,3,5H2,1-2H3. The van der Waals surface area contributed by atoms with Crippen molar-refractivity contribution in [3.05, 3.63) is 16.6 Å². The van der Waals surface area contributed by atoms with E-state index in [0.717, 1.165) is 12.2 Å². The summed E-state index contributed by atoms with van der Waals surface area (Å²) < 4.78 is 0. The molecule has 0 spiro atoms. The zero-order chi connectivity index (χ0) is 9.68. The van der Waals surface area contributed by atoms with Gasteiger partial charge in [-0.2, -0.15) is 5.26 Å². The van der Waals surface area contributed by atoms with Crippen molar-refractivity contribution >= 4 is 11.3 Å². The van der Waals surface area contributed by atoms with Crippen LogP contribution in [0.15, 0.2) is 10.9 Å². The lowest BCUT2D eigenvalue weighted by molar-refractivity contribution is 0.250. The third-order valence-electron chi connectivity index (χ3n) is 2.03. The van der Waals surface area contributed by atoms with Gasteiger partial charge in [-0.15, -0.1) is 11.3 Å². The number of rotatable bonds is 4. The predicted molar refractivity (Wildman–Crippen MR) is 53.3 cm³/mol. The molecule has 1 heterocycles. The summed E-state index contributed by atoms with van der Waals surface area (Å²) in [4.78, 5) is 6.33. The van der Waals surface area contributed by atoms with Crippen LogP contribution < -0.4 is 0 Å². The lowest BCUT2D eigenvalue weighted by Gasteiger charge is -2.21. The van der Waals surface area contributed by atoms with Crippen molar-refractivity contribution in [1.29, 1.82) is 5.26 Å². The van der Waals surface area contributed by atoms with Gasteiger partial charge in [0.15, 0.2) is 0 Å². The molecule has 0 aliphatic carbocycles. The zero-order valence-corrected chi connectivity index (χ0v) is 8.71. The number of hydrogen-bond donors (Lipinski definition) is 0. The predicted octanol–water partition coefficient (Wildman–Crippen LogP) is 1.88. The molecular weight excluding hydrogens is 182 g/mol. The van der Waals surface area contributed by atoms with Crippen LogP contribution in [-0.2, 0) is 6.54 Å². The summed E-state index contributed by atoms with van der Waals surface area (Å²) in [6, 6.07) is 2.47. The molecule has 0 radical (unpaired) electrons. The van der Waals surface area contributed by atoms with Crippen molar-refractivity contribution in [3.8, 4) is 6.07 Å². The fourth-order valence-corrected chi connectivity index (χ4v) is 1.56. The third kappa shape index (κ3) is 3.13. The molecule has 0 aromatic carbocycles. The highest BCUT2D eigenvalue weighted by molar-refractivity contribution is 7.07. The van der Waals surface area contributed by atoms with E-state index in [-0.39, 0.29) is 0 Å². The van der Waals surface area contributed by atoms with Crippen molar-refractivity contribution in [1.82, 2.24) is 9.88 Å². The average molecular weight is 195 g/mol. The minimum absolute atomic E-state index is 0.298. The maximum Gasteiger partial charge on any atom is 0.0795 e. The summed E-state index contributed by atoms with van der Waals surface area (Å²) >= 11 is 1.60. The normalized spacial score (nSPS) is 12.8. The van der Waals surface area contributed by atoms with Gasteiger partial charge < -0.3 is 0 Å². The van der Waals surface area contributed by atoms with E-state index in [1.807, 2.05) is 17.9 Å². The van der Waals surface area contributed by atoms with Crippen LogP contribution in [-0.4, -0.2) is 23.0 Å². The van der Waals surface area contributed by atoms with Gasteiger partial charge in [-0.05, 0) is 14.0 Å². The van der Waals surface area contributed by atoms with Crippen LogP contribution in [0.1, 0.15) is 19.0 Å². The van der Waals surface area contributed by atoms with Crippen LogP contribution in [0.4, 0.5) is 0 Å². The third-order valence-corrected chi connectivity index (χ3v) is 2.67. The molecular formula is C9H13N3S. The molecule has 1 rings (SSSR count). The average Bonchev–Trinajstić information content (AvgIpc) is 2.57. The van der Waals surface area contributed by atoms with Crippen molar-refractivity contribution in [2.45, 2.75) is 25.9 Å². The van der Waals surface area contributed by atoms with E-state index >= 15 is 0 Å². The van der Waals surface area contributed by atoms with Crippen molar-refractivity contribution < 1.29 is 0 Å². The highest BCUT2D eigenvalue weighted by Crippen LogP contribution is 2.08. The van der Waals surface area contributed by atoms with Gasteiger partial charge in [0.2, 0.25) is 0 Å². The van der Waals surface area contributed by atoms with Crippen LogP contribution in [0.25, 0.3) is 0 Å².